The van der Waals surface area contributed by atoms with Gasteiger partial charge < -0.3 is 15.4 Å². The highest BCUT2D eigenvalue weighted by atomic mass is 16.4. The van der Waals surface area contributed by atoms with Gasteiger partial charge >= 0.3 is 7.12 Å². The van der Waals surface area contributed by atoms with E-state index < -0.39 is 7.12 Å². The fourth-order valence-corrected chi connectivity index (χ4v) is 2.32. The van der Waals surface area contributed by atoms with E-state index >= 15 is 0 Å². The lowest BCUT2D eigenvalue weighted by Crippen LogP contribution is -2.36. The summed E-state index contributed by atoms with van der Waals surface area (Å²) in [6.07, 6.45) is 5.73. The average molecular weight is 253 g/mol. The number of benzene rings is 1. The molecule has 0 atom stereocenters. The minimum atomic E-state index is -1.49. The van der Waals surface area contributed by atoms with Gasteiger partial charge in [-0.3, -0.25) is 4.79 Å². The summed E-state index contributed by atoms with van der Waals surface area (Å²) in [4.78, 5) is 12.0. The van der Waals surface area contributed by atoms with Crippen molar-refractivity contribution in [1.82, 2.24) is 5.32 Å². The first-order valence-corrected chi connectivity index (χ1v) is 6.44. The van der Waals surface area contributed by atoms with Gasteiger partial charge in [0.05, 0.1) is 0 Å². The Labute approximate surface area is 112 Å². The quantitative estimate of drug-likeness (QED) is 0.708. The van der Waals surface area contributed by atoms with E-state index in [4.69, 9.17) is 10.0 Å². The monoisotopic (exact) mass is 253 g/mol. The number of rotatable bonds is 3. The van der Waals surface area contributed by atoms with Crippen molar-refractivity contribution in [1.29, 1.82) is 0 Å². The third kappa shape index (κ3) is 3.34. The van der Waals surface area contributed by atoms with Crippen molar-refractivity contribution in [3.8, 4) is 0 Å². The van der Waals surface area contributed by atoms with E-state index in [9.17, 15) is 4.79 Å². The lowest BCUT2D eigenvalue weighted by atomic mass is 9.80. The van der Waals surface area contributed by atoms with E-state index in [0.29, 0.717) is 11.0 Å². The molecule has 0 unspecified atom stereocenters. The van der Waals surface area contributed by atoms with E-state index in [1.165, 1.54) is 19.3 Å². The summed E-state index contributed by atoms with van der Waals surface area (Å²) in [7, 11) is -1.49. The molecule has 0 aromatic heterocycles. The zero-order valence-electron chi connectivity index (χ0n) is 10.3. The molecule has 1 saturated carbocycles. The predicted octanol–water partition coefficient (Wildman–Crippen LogP) is 1.17. The van der Waals surface area contributed by atoms with Crippen LogP contribution in [0.2, 0.25) is 0 Å². The van der Waals surface area contributed by atoms with Crippen molar-refractivity contribution >= 4 is 18.5 Å². The Hall–Kier alpha value is -1.33. The second kappa shape index (κ2) is 6.02. The Morgan fingerprint density at radius 2 is 1.78 bits per heavy atom. The Bertz CT molecular complexity index is 412. The molecule has 0 aliphatic heterocycles. The number of hydrogen-bond acceptors (Lipinski definition) is 3. The van der Waals surface area contributed by atoms with Gasteiger partial charge in [-0.15, -0.1) is 0 Å². The van der Waals surface area contributed by atoms with Gasteiger partial charge in [-0.05, 0) is 30.4 Å². The first kappa shape index (κ1) is 13.1. The third-order valence-corrected chi connectivity index (χ3v) is 3.41. The summed E-state index contributed by atoms with van der Waals surface area (Å²) in [5.41, 5.74) is 0.953. The minimum Gasteiger partial charge on any atom is -0.423 e. The van der Waals surface area contributed by atoms with Crippen LogP contribution in [0.15, 0.2) is 24.3 Å². The highest BCUT2D eigenvalue weighted by Gasteiger charge is 2.17. The summed E-state index contributed by atoms with van der Waals surface area (Å²) >= 11 is 0. The third-order valence-electron chi connectivity index (χ3n) is 3.41. The molecule has 0 heterocycles. The number of nitrogens with one attached hydrogen (secondary N) is 1. The number of hydrogen-bond donors (Lipinski definition) is 3. The van der Waals surface area contributed by atoms with Crippen molar-refractivity contribution in [2.24, 2.45) is 0 Å². The van der Waals surface area contributed by atoms with Gasteiger partial charge in [-0.25, -0.2) is 0 Å². The largest absolute Gasteiger partial charge is 0.488 e. The smallest absolute Gasteiger partial charge is 0.423 e. The molecule has 0 bridgehead atoms. The topological polar surface area (TPSA) is 69.6 Å². The fraction of sp³-hybridized carbons (Fsp3) is 0.462. The van der Waals surface area contributed by atoms with Crippen LogP contribution in [-0.4, -0.2) is 29.1 Å². The van der Waals surface area contributed by atoms with Crippen LogP contribution in [0.5, 0.6) is 0 Å². The minimum absolute atomic E-state index is 0. The van der Waals surface area contributed by atoms with Gasteiger partial charge in [0.1, 0.15) is 0 Å². The molecule has 1 aliphatic carbocycles. The van der Waals surface area contributed by atoms with Crippen LogP contribution in [0.1, 0.15) is 46.7 Å². The molecule has 0 spiro atoms. The zero-order valence-corrected chi connectivity index (χ0v) is 10.3. The van der Waals surface area contributed by atoms with E-state index in [1.807, 2.05) is 0 Å². The molecule has 0 saturated heterocycles. The lowest BCUT2D eigenvalue weighted by Gasteiger charge is -2.22. The van der Waals surface area contributed by atoms with Crippen molar-refractivity contribution in [3.63, 3.8) is 0 Å². The van der Waals surface area contributed by atoms with Crippen LogP contribution >= 0.6 is 0 Å². The second-order valence-electron chi connectivity index (χ2n) is 4.80. The Morgan fingerprint density at radius 3 is 2.33 bits per heavy atom. The predicted molar refractivity (Wildman–Crippen MR) is 76.9 cm³/mol. The maximum atomic E-state index is 12.0. The molecule has 1 amide bonds. The van der Waals surface area contributed by atoms with Crippen LogP contribution in [-0.2, 0) is 0 Å². The van der Waals surface area contributed by atoms with Gasteiger partial charge in [0.2, 0.25) is 0 Å². The zero-order chi connectivity index (χ0) is 13.0. The van der Waals surface area contributed by atoms with Gasteiger partial charge in [0.25, 0.3) is 5.91 Å². The summed E-state index contributed by atoms with van der Waals surface area (Å²) in [6.45, 7) is 0. The molecular formula is C13H24BNO3. The standard InChI is InChI=1S/C13H18BNO3.3H2/c16-13(15-12-4-2-1-3-5-12)10-6-8-11(9-7-10)14(17)18;;;/h6-9,12,17-18H,1-5H2,(H,15,16);3*1H. The highest BCUT2D eigenvalue weighted by Crippen LogP contribution is 2.17. The molecular weight excluding hydrogens is 229 g/mol. The van der Waals surface area contributed by atoms with Crippen molar-refractivity contribution in [3.05, 3.63) is 29.8 Å². The van der Waals surface area contributed by atoms with Crippen molar-refractivity contribution < 1.29 is 19.1 Å². The SMILES string of the molecule is O=C(NC1CCCCC1)c1ccc(B(O)O)cc1.[HH].[HH].[HH]. The molecule has 4 nitrogen and oxygen atoms in total. The van der Waals surface area contributed by atoms with Crippen LogP contribution in [0.25, 0.3) is 0 Å². The molecule has 1 aliphatic rings. The number of carbonyl (C=O) groups excluding carboxylic acids is 1. The van der Waals surface area contributed by atoms with Crippen LogP contribution in [0, 0.1) is 0 Å². The molecule has 1 aromatic carbocycles. The highest BCUT2D eigenvalue weighted by molar-refractivity contribution is 6.58. The second-order valence-corrected chi connectivity index (χ2v) is 4.80. The molecule has 2 rings (SSSR count). The van der Waals surface area contributed by atoms with Crippen molar-refractivity contribution in [2.75, 3.05) is 0 Å². The molecule has 1 fully saturated rings. The average Bonchev–Trinajstić information content (AvgIpc) is 2.40. The summed E-state index contributed by atoms with van der Waals surface area (Å²) in [5.74, 6) is -0.0825. The van der Waals surface area contributed by atoms with Crippen molar-refractivity contribution in [2.45, 2.75) is 38.1 Å². The Morgan fingerprint density at radius 1 is 1.17 bits per heavy atom. The van der Waals surface area contributed by atoms with Gasteiger partial charge in [-0.1, -0.05) is 31.4 Å². The van der Waals surface area contributed by atoms with Crippen LogP contribution in [0.4, 0.5) is 0 Å². The summed E-state index contributed by atoms with van der Waals surface area (Å²) in [5, 5.41) is 21.0. The molecule has 18 heavy (non-hydrogen) atoms. The summed E-state index contributed by atoms with van der Waals surface area (Å²) in [6, 6.07) is 6.63. The molecule has 102 valence electrons. The first-order chi connectivity index (χ1) is 8.66. The van der Waals surface area contributed by atoms with E-state index in [0.717, 1.165) is 12.8 Å². The van der Waals surface area contributed by atoms with E-state index in [2.05, 4.69) is 5.32 Å². The fourth-order valence-electron chi connectivity index (χ4n) is 2.32. The lowest BCUT2D eigenvalue weighted by molar-refractivity contribution is 0.0927. The van der Waals surface area contributed by atoms with Crippen LogP contribution in [0.3, 0.4) is 0 Å². The van der Waals surface area contributed by atoms with Gasteiger partial charge in [-0.2, -0.15) is 0 Å². The van der Waals surface area contributed by atoms with Gasteiger partial charge in [0.15, 0.2) is 0 Å². The Balaban J connectivity index is 0. The molecule has 0 radical (unpaired) electrons. The summed E-state index contributed by atoms with van der Waals surface area (Å²) < 4.78 is 0. The van der Waals surface area contributed by atoms with Gasteiger partial charge in [0, 0.05) is 15.9 Å². The van der Waals surface area contributed by atoms with E-state index in [1.54, 1.807) is 24.3 Å². The number of amides is 1. The molecule has 1 aromatic rings. The maximum absolute atomic E-state index is 12.0. The van der Waals surface area contributed by atoms with Crippen LogP contribution < -0.4 is 10.8 Å². The Kier molecular flexibility index (Phi) is 4.39. The first-order valence-electron chi connectivity index (χ1n) is 6.44. The normalized spacial score (nSPS) is 16.3. The molecule has 3 N–H and O–H groups in total. The number of carbonyl (C=O) groups is 1. The molecule has 5 heteroatoms. The van der Waals surface area contributed by atoms with E-state index in [-0.39, 0.29) is 16.2 Å². The maximum Gasteiger partial charge on any atom is 0.488 e.